The smallest absolute Gasteiger partial charge is 0.231 e. The fourth-order valence-electron chi connectivity index (χ4n) is 2.01. The maximum atomic E-state index is 11.0. The Bertz CT molecular complexity index is 239. The molecule has 0 heterocycles. The molecule has 0 spiro atoms. The number of carbonyl (C=O) groups is 1. The highest BCUT2D eigenvalue weighted by Gasteiger charge is 2.15. The zero-order valence-electron chi connectivity index (χ0n) is 12.5. The van der Waals surface area contributed by atoms with Gasteiger partial charge in [-0.3, -0.25) is 9.69 Å². The lowest BCUT2D eigenvalue weighted by molar-refractivity contribution is -0.119. The summed E-state index contributed by atoms with van der Waals surface area (Å²) >= 11 is 0. The Morgan fingerprint density at radius 3 is 2.33 bits per heavy atom. The average Bonchev–Trinajstić information content (AvgIpc) is 2.22. The number of hydrogen-bond acceptors (Lipinski definition) is 3. The van der Waals surface area contributed by atoms with E-state index in [0.29, 0.717) is 12.5 Å². The van der Waals surface area contributed by atoms with E-state index in [-0.39, 0.29) is 11.3 Å². The second-order valence-corrected chi connectivity index (χ2v) is 6.42. The van der Waals surface area contributed by atoms with Gasteiger partial charge in [0.15, 0.2) is 0 Å². The summed E-state index contributed by atoms with van der Waals surface area (Å²) < 4.78 is 0. The Morgan fingerprint density at radius 2 is 1.89 bits per heavy atom. The topological polar surface area (TPSA) is 72.3 Å². The van der Waals surface area contributed by atoms with E-state index < -0.39 is 0 Å². The number of primary amides is 1. The van der Waals surface area contributed by atoms with Gasteiger partial charge in [0.25, 0.3) is 0 Å². The van der Waals surface area contributed by atoms with Gasteiger partial charge in [0.05, 0.1) is 6.54 Å². The summed E-state index contributed by atoms with van der Waals surface area (Å²) in [7, 11) is 0. The van der Waals surface area contributed by atoms with Gasteiger partial charge in [0, 0.05) is 6.54 Å². The van der Waals surface area contributed by atoms with Crippen molar-refractivity contribution in [1.82, 2.24) is 4.90 Å². The van der Waals surface area contributed by atoms with E-state index in [0.717, 1.165) is 38.9 Å². The minimum absolute atomic E-state index is 0.229. The Hall–Kier alpha value is -0.610. The van der Waals surface area contributed by atoms with Gasteiger partial charge in [-0.2, -0.15) is 0 Å². The Kier molecular flexibility index (Phi) is 8.20. The molecular formula is C14H31N3O. The van der Waals surface area contributed by atoms with Gasteiger partial charge in [-0.1, -0.05) is 34.1 Å². The van der Waals surface area contributed by atoms with Crippen LogP contribution in [-0.2, 0) is 4.79 Å². The Morgan fingerprint density at radius 1 is 1.28 bits per heavy atom. The lowest BCUT2D eigenvalue weighted by atomic mass is 9.87. The Balaban J connectivity index is 3.92. The normalized spacial score (nSPS) is 12.4. The number of nitrogens with two attached hydrogens (primary N) is 2. The molecule has 4 N–H and O–H groups in total. The third-order valence-corrected chi connectivity index (χ3v) is 3.13. The summed E-state index contributed by atoms with van der Waals surface area (Å²) in [5.74, 6) is 0.322. The van der Waals surface area contributed by atoms with Crippen molar-refractivity contribution in [2.24, 2.45) is 22.8 Å². The summed E-state index contributed by atoms with van der Waals surface area (Å²) in [6.07, 6.45) is 3.39. The van der Waals surface area contributed by atoms with Gasteiger partial charge in [0.1, 0.15) is 0 Å². The largest absolute Gasteiger partial charge is 0.369 e. The molecule has 0 aliphatic heterocycles. The standard InChI is InChI=1S/C14H31N3O/c1-12(2)9-17(10-13(16)18)8-6-5-7-14(3,4)11-15/h12H,5-11,15H2,1-4H3,(H2,16,18). The van der Waals surface area contributed by atoms with Crippen LogP contribution in [0.1, 0.15) is 47.0 Å². The van der Waals surface area contributed by atoms with Crippen molar-refractivity contribution in [2.45, 2.75) is 47.0 Å². The Labute approximate surface area is 112 Å². The minimum Gasteiger partial charge on any atom is -0.369 e. The number of amides is 1. The zero-order valence-corrected chi connectivity index (χ0v) is 12.5. The van der Waals surface area contributed by atoms with Crippen LogP contribution in [0.3, 0.4) is 0 Å². The summed E-state index contributed by atoms with van der Waals surface area (Å²) in [6, 6.07) is 0. The monoisotopic (exact) mass is 257 g/mol. The van der Waals surface area contributed by atoms with Crippen molar-refractivity contribution in [2.75, 3.05) is 26.2 Å². The fourth-order valence-corrected chi connectivity index (χ4v) is 2.01. The number of carbonyl (C=O) groups excluding carboxylic acids is 1. The van der Waals surface area contributed by atoms with Gasteiger partial charge in [-0.25, -0.2) is 0 Å². The first-order valence-corrected chi connectivity index (χ1v) is 6.97. The van der Waals surface area contributed by atoms with Crippen LogP contribution < -0.4 is 11.5 Å². The lowest BCUT2D eigenvalue weighted by Crippen LogP contribution is -2.37. The van der Waals surface area contributed by atoms with E-state index in [1.165, 1.54) is 0 Å². The quantitative estimate of drug-likeness (QED) is 0.584. The highest BCUT2D eigenvalue weighted by atomic mass is 16.1. The maximum absolute atomic E-state index is 11.0. The van der Waals surface area contributed by atoms with Crippen LogP contribution >= 0.6 is 0 Å². The molecule has 0 atom stereocenters. The van der Waals surface area contributed by atoms with Crippen LogP contribution in [0.5, 0.6) is 0 Å². The molecule has 4 heteroatoms. The van der Waals surface area contributed by atoms with Crippen LogP contribution in [0.4, 0.5) is 0 Å². The van der Waals surface area contributed by atoms with Gasteiger partial charge in [0.2, 0.25) is 5.91 Å². The molecule has 0 rings (SSSR count). The summed E-state index contributed by atoms with van der Waals surface area (Å²) in [4.78, 5) is 13.1. The first-order valence-electron chi connectivity index (χ1n) is 6.97. The molecule has 0 radical (unpaired) electrons. The second kappa shape index (κ2) is 8.48. The molecule has 108 valence electrons. The van der Waals surface area contributed by atoms with Crippen LogP contribution in [0.15, 0.2) is 0 Å². The number of rotatable bonds is 10. The van der Waals surface area contributed by atoms with Crippen LogP contribution in [0.2, 0.25) is 0 Å². The number of nitrogens with zero attached hydrogens (tertiary/aromatic N) is 1. The maximum Gasteiger partial charge on any atom is 0.231 e. The highest BCUT2D eigenvalue weighted by Crippen LogP contribution is 2.21. The van der Waals surface area contributed by atoms with Crippen LogP contribution in [0, 0.1) is 11.3 Å². The second-order valence-electron chi connectivity index (χ2n) is 6.42. The highest BCUT2D eigenvalue weighted by molar-refractivity contribution is 5.75. The summed E-state index contributed by atoms with van der Waals surface area (Å²) in [6.45, 7) is 11.7. The van der Waals surface area contributed by atoms with Crippen molar-refractivity contribution in [3.63, 3.8) is 0 Å². The average molecular weight is 257 g/mol. The summed E-state index contributed by atoms with van der Waals surface area (Å²) in [5.41, 5.74) is 11.2. The first-order chi connectivity index (χ1) is 8.26. The third kappa shape index (κ3) is 9.42. The molecule has 0 fully saturated rings. The fraction of sp³-hybridized carbons (Fsp3) is 0.929. The first kappa shape index (κ1) is 17.4. The van der Waals surface area contributed by atoms with Gasteiger partial charge >= 0.3 is 0 Å². The predicted octanol–water partition coefficient (Wildman–Crippen LogP) is 1.58. The molecule has 0 aromatic carbocycles. The molecule has 0 aliphatic carbocycles. The van der Waals surface area contributed by atoms with Crippen molar-refractivity contribution in [3.05, 3.63) is 0 Å². The van der Waals surface area contributed by atoms with Gasteiger partial charge < -0.3 is 11.5 Å². The molecule has 0 aliphatic rings. The van der Waals surface area contributed by atoms with E-state index in [1.54, 1.807) is 0 Å². The van der Waals surface area contributed by atoms with Crippen molar-refractivity contribution >= 4 is 5.91 Å². The molecular weight excluding hydrogens is 226 g/mol. The van der Waals surface area contributed by atoms with Crippen LogP contribution in [-0.4, -0.2) is 37.0 Å². The van der Waals surface area contributed by atoms with Crippen molar-refractivity contribution in [1.29, 1.82) is 0 Å². The molecule has 1 amide bonds. The summed E-state index contributed by atoms with van der Waals surface area (Å²) in [5, 5.41) is 0. The molecule has 0 unspecified atom stereocenters. The van der Waals surface area contributed by atoms with Crippen LogP contribution in [0.25, 0.3) is 0 Å². The van der Waals surface area contributed by atoms with E-state index in [9.17, 15) is 4.79 Å². The van der Waals surface area contributed by atoms with Crippen molar-refractivity contribution in [3.8, 4) is 0 Å². The predicted molar refractivity (Wildman–Crippen MR) is 77.2 cm³/mol. The van der Waals surface area contributed by atoms with Gasteiger partial charge in [-0.15, -0.1) is 0 Å². The lowest BCUT2D eigenvalue weighted by Gasteiger charge is -2.25. The molecule has 0 saturated carbocycles. The number of unbranched alkanes of at least 4 members (excludes halogenated alkanes) is 1. The molecule has 0 aromatic rings. The minimum atomic E-state index is -0.238. The van der Waals surface area contributed by atoms with E-state index in [2.05, 4.69) is 32.6 Å². The van der Waals surface area contributed by atoms with E-state index in [4.69, 9.17) is 11.5 Å². The number of hydrogen-bond donors (Lipinski definition) is 2. The van der Waals surface area contributed by atoms with E-state index in [1.807, 2.05) is 0 Å². The van der Waals surface area contributed by atoms with Crippen molar-refractivity contribution < 1.29 is 4.79 Å². The molecule has 18 heavy (non-hydrogen) atoms. The third-order valence-electron chi connectivity index (χ3n) is 3.13. The SMILES string of the molecule is CC(C)CN(CCCCC(C)(C)CN)CC(N)=O. The molecule has 0 aromatic heterocycles. The van der Waals surface area contributed by atoms with E-state index >= 15 is 0 Å². The zero-order chi connectivity index (χ0) is 14.2. The molecule has 0 saturated heterocycles. The molecule has 4 nitrogen and oxygen atoms in total. The van der Waals surface area contributed by atoms with Gasteiger partial charge in [-0.05, 0) is 37.3 Å². The molecule has 0 bridgehead atoms.